The summed E-state index contributed by atoms with van der Waals surface area (Å²) in [5.74, 6) is 0.931. The second-order valence-electron chi connectivity index (χ2n) is 4.19. The molecule has 0 spiro atoms. The Hall–Kier alpha value is -2.08. The predicted molar refractivity (Wildman–Crippen MR) is 68.1 cm³/mol. The lowest BCUT2D eigenvalue weighted by atomic mass is 10.2. The molecule has 0 aliphatic heterocycles. The first-order valence-corrected chi connectivity index (χ1v) is 5.98. The third-order valence-corrected chi connectivity index (χ3v) is 2.88. The van der Waals surface area contributed by atoms with Gasteiger partial charge >= 0.3 is 0 Å². The van der Waals surface area contributed by atoms with Gasteiger partial charge in [-0.05, 0) is 26.0 Å². The van der Waals surface area contributed by atoms with E-state index in [-0.39, 0.29) is 31.1 Å². The minimum atomic E-state index is -0.261. The first-order chi connectivity index (χ1) is 9.13. The minimum absolute atomic E-state index is 0.0901. The molecule has 1 N–H and O–H groups in total. The van der Waals surface area contributed by atoms with Crippen molar-refractivity contribution in [2.45, 2.75) is 27.0 Å². The van der Waals surface area contributed by atoms with Crippen LogP contribution in [0.4, 0.5) is 0 Å². The molecule has 0 radical (unpaired) electrons. The highest BCUT2D eigenvalue weighted by Gasteiger charge is 2.11. The van der Waals surface area contributed by atoms with Crippen molar-refractivity contribution in [2.24, 2.45) is 0 Å². The van der Waals surface area contributed by atoms with Gasteiger partial charge in [0.1, 0.15) is 12.4 Å². The van der Waals surface area contributed by atoms with Gasteiger partial charge in [-0.25, -0.2) is 0 Å². The van der Waals surface area contributed by atoms with E-state index in [9.17, 15) is 4.79 Å². The molecule has 0 atom stereocenters. The Kier molecular flexibility index (Phi) is 4.01. The molecule has 0 aliphatic carbocycles. The zero-order valence-corrected chi connectivity index (χ0v) is 10.9. The van der Waals surface area contributed by atoms with E-state index in [1.807, 2.05) is 6.92 Å². The van der Waals surface area contributed by atoms with Crippen LogP contribution < -0.4 is 10.3 Å². The Morgan fingerprint density at radius 3 is 2.89 bits per heavy atom. The van der Waals surface area contributed by atoms with E-state index >= 15 is 0 Å². The average Bonchev–Trinajstić information content (AvgIpc) is 2.71. The highest BCUT2D eigenvalue weighted by Crippen LogP contribution is 2.14. The molecule has 0 aromatic carbocycles. The van der Waals surface area contributed by atoms with E-state index in [1.54, 1.807) is 25.3 Å². The summed E-state index contributed by atoms with van der Waals surface area (Å²) in [7, 11) is 0. The molecule has 0 saturated heterocycles. The fourth-order valence-electron chi connectivity index (χ4n) is 1.77. The summed E-state index contributed by atoms with van der Waals surface area (Å²) in [5.41, 5.74) is 1.34. The number of aromatic nitrogens is 2. The van der Waals surface area contributed by atoms with Crippen molar-refractivity contribution in [3.05, 3.63) is 45.7 Å². The molecule has 6 nitrogen and oxygen atoms in total. The van der Waals surface area contributed by atoms with Crippen molar-refractivity contribution in [1.29, 1.82) is 0 Å². The zero-order valence-electron chi connectivity index (χ0n) is 10.9. The first-order valence-electron chi connectivity index (χ1n) is 5.98. The average molecular weight is 264 g/mol. The molecule has 19 heavy (non-hydrogen) atoms. The molecular weight excluding hydrogens is 248 g/mol. The minimum Gasteiger partial charge on any atom is -0.483 e. The molecular formula is C13H16N2O4. The lowest BCUT2D eigenvalue weighted by Gasteiger charge is -2.08. The molecule has 2 aromatic rings. The molecule has 0 amide bonds. The lowest BCUT2D eigenvalue weighted by Crippen LogP contribution is -2.22. The van der Waals surface area contributed by atoms with Crippen molar-refractivity contribution < 1.29 is 14.4 Å². The number of hydrogen-bond donors (Lipinski definition) is 1. The van der Waals surface area contributed by atoms with Gasteiger partial charge in [0.15, 0.2) is 5.75 Å². The van der Waals surface area contributed by atoms with Gasteiger partial charge in [0, 0.05) is 12.7 Å². The van der Waals surface area contributed by atoms with Crippen LogP contribution in [0.5, 0.6) is 5.75 Å². The molecule has 0 saturated carbocycles. The zero-order chi connectivity index (χ0) is 13.8. The molecule has 6 heteroatoms. The van der Waals surface area contributed by atoms with Crippen molar-refractivity contribution in [3.8, 4) is 5.75 Å². The van der Waals surface area contributed by atoms with Crippen LogP contribution in [0.3, 0.4) is 0 Å². The van der Waals surface area contributed by atoms with Gasteiger partial charge in [0.05, 0.1) is 17.9 Å². The van der Waals surface area contributed by atoms with Gasteiger partial charge in [-0.3, -0.25) is 4.79 Å². The fourth-order valence-corrected chi connectivity index (χ4v) is 1.77. The number of ether oxygens (including phenoxy) is 1. The predicted octanol–water partition coefficient (Wildman–Crippen LogP) is 1.02. The van der Waals surface area contributed by atoms with Crippen LogP contribution in [0, 0.1) is 13.8 Å². The third-order valence-electron chi connectivity index (χ3n) is 2.88. The van der Waals surface area contributed by atoms with E-state index in [0.29, 0.717) is 5.76 Å². The topological polar surface area (TPSA) is 77.5 Å². The number of rotatable bonds is 5. The molecule has 0 unspecified atom stereocenters. The number of nitrogens with zero attached hydrogens (tertiary/aromatic N) is 2. The molecule has 0 aliphatic rings. The van der Waals surface area contributed by atoms with Crippen LogP contribution in [0.1, 0.15) is 17.0 Å². The quantitative estimate of drug-likeness (QED) is 0.872. The Morgan fingerprint density at radius 1 is 1.47 bits per heavy atom. The van der Waals surface area contributed by atoms with E-state index < -0.39 is 0 Å². The number of aliphatic hydroxyl groups is 1. The van der Waals surface area contributed by atoms with Crippen LogP contribution in [0.15, 0.2) is 27.6 Å². The van der Waals surface area contributed by atoms with E-state index in [1.165, 1.54) is 4.57 Å². The second kappa shape index (κ2) is 5.71. The Bertz CT molecular complexity index is 596. The van der Waals surface area contributed by atoms with Crippen molar-refractivity contribution >= 4 is 0 Å². The number of aliphatic hydroxyl groups excluding tert-OH is 1. The van der Waals surface area contributed by atoms with Crippen LogP contribution in [-0.2, 0) is 13.2 Å². The van der Waals surface area contributed by atoms with Crippen molar-refractivity contribution in [2.75, 3.05) is 6.61 Å². The molecule has 2 aromatic heterocycles. The van der Waals surface area contributed by atoms with Gasteiger partial charge in [0.25, 0.3) is 5.56 Å². The van der Waals surface area contributed by atoms with Crippen LogP contribution >= 0.6 is 0 Å². The smallest absolute Gasteiger partial charge is 0.292 e. The Balaban J connectivity index is 2.16. The summed E-state index contributed by atoms with van der Waals surface area (Å²) >= 11 is 0. The maximum atomic E-state index is 12.0. The summed E-state index contributed by atoms with van der Waals surface area (Å²) < 4.78 is 12.0. The van der Waals surface area contributed by atoms with Gasteiger partial charge in [0.2, 0.25) is 0 Å². The van der Waals surface area contributed by atoms with E-state index in [4.69, 9.17) is 14.4 Å². The molecule has 102 valence electrons. The second-order valence-corrected chi connectivity index (χ2v) is 4.19. The monoisotopic (exact) mass is 264 g/mol. The van der Waals surface area contributed by atoms with Crippen molar-refractivity contribution in [3.63, 3.8) is 0 Å². The molecule has 2 heterocycles. The summed E-state index contributed by atoms with van der Waals surface area (Å²) in [6, 6.07) is 3.31. The Labute approximate surface area is 110 Å². The number of pyridine rings is 1. The maximum absolute atomic E-state index is 12.0. The highest BCUT2D eigenvalue weighted by molar-refractivity contribution is 5.22. The molecule has 2 rings (SSSR count). The van der Waals surface area contributed by atoms with Gasteiger partial charge in [-0.15, -0.1) is 0 Å². The fraction of sp³-hybridized carbons (Fsp3) is 0.385. The summed E-state index contributed by atoms with van der Waals surface area (Å²) in [6.45, 7) is 4.02. The largest absolute Gasteiger partial charge is 0.483 e. The molecule has 0 fully saturated rings. The summed E-state index contributed by atoms with van der Waals surface area (Å²) in [5, 5.41) is 12.7. The van der Waals surface area contributed by atoms with Gasteiger partial charge in [-0.1, -0.05) is 5.16 Å². The summed E-state index contributed by atoms with van der Waals surface area (Å²) in [4.78, 5) is 12.0. The van der Waals surface area contributed by atoms with Gasteiger partial charge in [-0.2, -0.15) is 0 Å². The summed E-state index contributed by atoms with van der Waals surface area (Å²) in [6.07, 6.45) is 1.61. The normalized spacial score (nSPS) is 10.7. The van der Waals surface area contributed by atoms with Crippen LogP contribution in [0.2, 0.25) is 0 Å². The molecule has 0 bridgehead atoms. The van der Waals surface area contributed by atoms with Crippen molar-refractivity contribution in [1.82, 2.24) is 9.72 Å². The number of hydrogen-bond acceptors (Lipinski definition) is 5. The standard InChI is InChI=1S/C13H16N2O4/c1-9-11(10(2)19-14-9)8-18-12-4-3-5-15(6-7-16)13(12)17/h3-5,16H,6-8H2,1-2H3. The third kappa shape index (κ3) is 2.85. The first kappa shape index (κ1) is 13.4. The van der Waals surface area contributed by atoms with E-state index in [2.05, 4.69) is 5.16 Å². The Morgan fingerprint density at radius 2 is 2.26 bits per heavy atom. The van der Waals surface area contributed by atoms with Crippen LogP contribution in [0.25, 0.3) is 0 Å². The van der Waals surface area contributed by atoms with Gasteiger partial charge < -0.3 is 18.9 Å². The maximum Gasteiger partial charge on any atom is 0.292 e. The SMILES string of the molecule is Cc1noc(C)c1COc1cccn(CCO)c1=O. The number of aryl methyl sites for hydroxylation is 2. The highest BCUT2D eigenvalue weighted by atomic mass is 16.5. The lowest BCUT2D eigenvalue weighted by molar-refractivity contribution is 0.267. The van der Waals surface area contributed by atoms with E-state index in [0.717, 1.165) is 11.3 Å². The van der Waals surface area contributed by atoms with Crippen LogP contribution in [-0.4, -0.2) is 21.4 Å².